The molecule has 4 nitrogen and oxygen atoms in total. The lowest BCUT2D eigenvalue weighted by Gasteiger charge is -2.18. The van der Waals surface area contributed by atoms with Gasteiger partial charge in [-0.2, -0.15) is 0 Å². The van der Waals surface area contributed by atoms with Crippen LogP contribution >= 0.6 is 0 Å². The molecule has 2 aromatic carbocycles. The molecule has 2 rings (SSSR count). The van der Waals surface area contributed by atoms with Crippen LogP contribution in [0, 0.1) is 0 Å². The van der Waals surface area contributed by atoms with Gasteiger partial charge in [0.05, 0.1) is 5.69 Å². The maximum Gasteiger partial charge on any atom is 0.330 e. The third kappa shape index (κ3) is 4.31. The fraction of sp³-hybridized carbons (Fsp3) is 0.111. The summed E-state index contributed by atoms with van der Waals surface area (Å²) >= 11 is 0. The second kappa shape index (κ2) is 7.22. The van der Waals surface area contributed by atoms with Crippen LogP contribution in [0.15, 0.2) is 54.6 Å². The first-order chi connectivity index (χ1) is 10.6. The molecular formula is C18H17NO3. The van der Waals surface area contributed by atoms with Crippen molar-refractivity contribution in [3.05, 3.63) is 65.7 Å². The maximum atomic E-state index is 11.5. The summed E-state index contributed by atoms with van der Waals surface area (Å²) in [5.74, 6) is -0.897. The maximum absolute atomic E-state index is 11.5. The van der Waals surface area contributed by atoms with Crippen LogP contribution in [0.4, 0.5) is 5.69 Å². The van der Waals surface area contributed by atoms with E-state index in [0.717, 1.165) is 16.2 Å². The molecule has 0 bridgehead atoms. The number of hydrogen-bond donors (Lipinski definition) is 0. The van der Waals surface area contributed by atoms with Crippen molar-refractivity contribution >= 4 is 29.7 Å². The van der Waals surface area contributed by atoms with Crippen LogP contribution in [0.25, 0.3) is 12.2 Å². The van der Waals surface area contributed by atoms with E-state index in [-0.39, 0.29) is 5.91 Å². The van der Waals surface area contributed by atoms with E-state index >= 15 is 0 Å². The standard InChI is InChI=1S/C18H17NO3/c1-14(20)19(22-15(2)21)18-12-10-17(11-13-18)9-8-16-6-4-3-5-7-16/h3-13H,1-2H3/b9-8+. The smallest absolute Gasteiger partial charge is 0.330 e. The number of hydroxylamine groups is 1. The second-order valence-electron chi connectivity index (χ2n) is 4.73. The van der Waals surface area contributed by atoms with E-state index in [1.54, 1.807) is 12.1 Å². The molecule has 0 radical (unpaired) electrons. The van der Waals surface area contributed by atoms with Gasteiger partial charge in [0.2, 0.25) is 0 Å². The minimum atomic E-state index is -0.539. The highest BCUT2D eigenvalue weighted by Gasteiger charge is 2.14. The first-order valence-corrected chi connectivity index (χ1v) is 6.88. The molecular weight excluding hydrogens is 278 g/mol. The zero-order valence-electron chi connectivity index (χ0n) is 12.5. The monoisotopic (exact) mass is 295 g/mol. The minimum Gasteiger partial charge on any atom is -0.334 e. The number of benzene rings is 2. The molecule has 0 aliphatic rings. The van der Waals surface area contributed by atoms with Crippen molar-refractivity contribution in [2.24, 2.45) is 0 Å². The van der Waals surface area contributed by atoms with Crippen LogP contribution in [0.5, 0.6) is 0 Å². The molecule has 0 spiro atoms. The average Bonchev–Trinajstić information content (AvgIpc) is 2.52. The summed E-state index contributed by atoms with van der Waals surface area (Å²) in [7, 11) is 0. The molecule has 0 saturated carbocycles. The van der Waals surface area contributed by atoms with E-state index in [2.05, 4.69) is 0 Å². The van der Waals surface area contributed by atoms with E-state index in [1.165, 1.54) is 13.8 Å². The van der Waals surface area contributed by atoms with Crippen LogP contribution in [0.1, 0.15) is 25.0 Å². The molecule has 0 aliphatic carbocycles. The molecule has 0 N–H and O–H groups in total. The first kappa shape index (κ1) is 15.5. The quantitative estimate of drug-likeness (QED) is 0.641. The Bertz CT molecular complexity index is 675. The lowest BCUT2D eigenvalue weighted by molar-refractivity contribution is -0.147. The summed E-state index contributed by atoms with van der Waals surface area (Å²) in [6.07, 6.45) is 3.98. The van der Waals surface area contributed by atoms with Crippen LogP contribution in [-0.2, 0) is 14.4 Å². The Morgan fingerprint density at radius 1 is 0.864 bits per heavy atom. The third-order valence-corrected chi connectivity index (χ3v) is 2.90. The highest BCUT2D eigenvalue weighted by atomic mass is 16.7. The Labute approximate surface area is 129 Å². The van der Waals surface area contributed by atoms with Crippen LogP contribution in [0.2, 0.25) is 0 Å². The van der Waals surface area contributed by atoms with Gasteiger partial charge in [-0.15, -0.1) is 5.06 Å². The molecule has 0 heterocycles. The van der Waals surface area contributed by atoms with Gasteiger partial charge in [-0.05, 0) is 23.3 Å². The van der Waals surface area contributed by atoms with E-state index in [4.69, 9.17) is 4.84 Å². The van der Waals surface area contributed by atoms with Crippen molar-refractivity contribution in [1.29, 1.82) is 0 Å². The summed E-state index contributed by atoms with van der Waals surface area (Å²) in [5.41, 5.74) is 2.61. The third-order valence-electron chi connectivity index (χ3n) is 2.90. The van der Waals surface area contributed by atoms with Gasteiger partial charge < -0.3 is 4.84 Å². The predicted octanol–water partition coefficient (Wildman–Crippen LogP) is 3.69. The van der Waals surface area contributed by atoms with Gasteiger partial charge in [-0.3, -0.25) is 4.79 Å². The SMILES string of the molecule is CC(=O)ON(C(C)=O)c1ccc(/C=C/c2ccccc2)cc1. The Hall–Kier alpha value is -2.88. The van der Waals surface area contributed by atoms with Crippen molar-refractivity contribution < 1.29 is 14.4 Å². The van der Waals surface area contributed by atoms with E-state index in [0.29, 0.717) is 5.69 Å². The van der Waals surface area contributed by atoms with Gasteiger partial charge in [0.1, 0.15) is 0 Å². The summed E-state index contributed by atoms with van der Waals surface area (Å²) in [6.45, 7) is 2.60. The normalized spacial score (nSPS) is 10.5. The van der Waals surface area contributed by atoms with E-state index < -0.39 is 5.97 Å². The molecule has 0 fully saturated rings. The van der Waals surface area contributed by atoms with Crippen molar-refractivity contribution in [1.82, 2.24) is 0 Å². The molecule has 2 aromatic rings. The lowest BCUT2D eigenvalue weighted by atomic mass is 10.1. The number of rotatable bonds is 3. The molecule has 0 atom stereocenters. The molecule has 0 unspecified atom stereocenters. The van der Waals surface area contributed by atoms with Gasteiger partial charge >= 0.3 is 5.97 Å². The number of anilines is 1. The minimum absolute atomic E-state index is 0.359. The highest BCUT2D eigenvalue weighted by Crippen LogP contribution is 2.17. The summed E-state index contributed by atoms with van der Waals surface area (Å²) < 4.78 is 0. The van der Waals surface area contributed by atoms with Gasteiger partial charge in [0.25, 0.3) is 5.91 Å². The molecule has 0 saturated heterocycles. The Kier molecular flexibility index (Phi) is 5.09. The van der Waals surface area contributed by atoms with E-state index in [9.17, 15) is 9.59 Å². The van der Waals surface area contributed by atoms with Crippen molar-refractivity contribution in [3.8, 4) is 0 Å². The van der Waals surface area contributed by atoms with E-state index in [1.807, 2.05) is 54.6 Å². The Morgan fingerprint density at radius 2 is 1.41 bits per heavy atom. The van der Waals surface area contributed by atoms with Gasteiger partial charge in [-0.1, -0.05) is 54.6 Å². The van der Waals surface area contributed by atoms with Gasteiger partial charge in [-0.25, -0.2) is 4.79 Å². The summed E-state index contributed by atoms with van der Waals surface area (Å²) in [6, 6.07) is 17.1. The van der Waals surface area contributed by atoms with Crippen LogP contribution in [0.3, 0.4) is 0 Å². The van der Waals surface area contributed by atoms with Crippen molar-refractivity contribution in [2.75, 3.05) is 5.06 Å². The zero-order chi connectivity index (χ0) is 15.9. The molecule has 22 heavy (non-hydrogen) atoms. The fourth-order valence-corrected chi connectivity index (χ4v) is 1.90. The average molecular weight is 295 g/mol. The topological polar surface area (TPSA) is 46.6 Å². The fourth-order valence-electron chi connectivity index (χ4n) is 1.90. The van der Waals surface area contributed by atoms with Crippen molar-refractivity contribution in [3.63, 3.8) is 0 Å². The number of amides is 1. The molecule has 4 heteroatoms. The summed E-state index contributed by atoms with van der Waals surface area (Å²) in [4.78, 5) is 27.4. The zero-order valence-corrected chi connectivity index (χ0v) is 12.5. The molecule has 1 amide bonds. The number of carbonyl (C=O) groups excluding carboxylic acids is 2. The number of carbonyl (C=O) groups is 2. The molecule has 112 valence electrons. The number of nitrogens with zero attached hydrogens (tertiary/aromatic N) is 1. The first-order valence-electron chi connectivity index (χ1n) is 6.88. The molecule has 0 aromatic heterocycles. The van der Waals surface area contributed by atoms with Gasteiger partial charge in [0, 0.05) is 13.8 Å². The summed E-state index contributed by atoms with van der Waals surface area (Å²) in [5, 5.41) is 0.979. The van der Waals surface area contributed by atoms with Crippen LogP contribution in [-0.4, -0.2) is 11.9 Å². The second-order valence-corrected chi connectivity index (χ2v) is 4.73. The Balaban J connectivity index is 2.14. The predicted molar refractivity (Wildman–Crippen MR) is 86.7 cm³/mol. The Morgan fingerprint density at radius 3 is 1.91 bits per heavy atom. The van der Waals surface area contributed by atoms with Crippen molar-refractivity contribution in [2.45, 2.75) is 13.8 Å². The lowest BCUT2D eigenvalue weighted by Crippen LogP contribution is -2.30. The number of hydrogen-bond acceptors (Lipinski definition) is 3. The molecule has 0 aliphatic heterocycles. The highest BCUT2D eigenvalue weighted by molar-refractivity contribution is 5.91. The van der Waals surface area contributed by atoms with Gasteiger partial charge in [0.15, 0.2) is 0 Å². The largest absolute Gasteiger partial charge is 0.334 e. The van der Waals surface area contributed by atoms with Crippen LogP contribution < -0.4 is 5.06 Å².